The number of aliphatic hydroxyl groups excluding tert-OH is 1. The van der Waals surface area contributed by atoms with Crippen molar-refractivity contribution in [3.63, 3.8) is 0 Å². The largest absolute Gasteiger partial charge is 0.506 e. The second-order valence-electron chi connectivity index (χ2n) is 9.76. The number of nitrogens with zero attached hydrogens (tertiary/aromatic N) is 2. The van der Waals surface area contributed by atoms with E-state index in [4.69, 9.17) is 4.74 Å². The topological polar surface area (TPSA) is 70.7 Å². The fourth-order valence-corrected chi connectivity index (χ4v) is 5.50. The Morgan fingerprint density at radius 2 is 1.81 bits per heavy atom. The van der Waals surface area contributed by atoms with Crippen molar-refractivity contribution in [2.24, 2.45) is 5.41 Å². The third-order valence-electron chi connectivity index (χ3n) is 7.12. The lowest BCUT2D eigenvalue weighted by atomic mass is 9.83. The molecule has 0 atom stereocenters. The molecule has 0 radical (unpaired) electrons. The first-order valence-corrected chi connectivity index (χ1v) is 13.7. The van der Waals surface area contributed by atoms with Gasteiger partial charge in [-0.2, -0.15) is 4.57 Å². The van der Waals surface area contributed by atoms with Crippen LogP contribution in [0.3, 0.4) is 0 Å². The van der Waals surface area contributed by atoms with Gasteiger partial charge in [-0.15, -0.1) is 0 Å². The number of ketones is 1. The highest BCUT2D eigenvalue weighted by molar-refractivity contribution is 7.18. The number of rotatable bonds is 10. The van der Waals surface area contributed by atoms with Gasteiger partial charge in [0.2, 0.25) is 11.3 Å². The number of aliphatic hydroxyl groups is 1. The first-order valence-electron chi connectivity index (χ1n) is 12.9. The zero-order chi connectivity index (χ0) is 26.7. The molecule has 1 aliphatic rings. The predicted molar refractivity (Wildman–Crippen MR) is 150 cm³/mol. The van der Waals surface area contributed by atoms with Crippen molar-refractivity contribution in [3.05, 3.63) is 70.4 Å². The summed E-state index contributed by atoms with van der Waals surface area (Å²) in [6, 6.07) is 15.7. The quantitative estimate of drug-likeness (QED) is 0.204. The maximum absolute atomic E-state index is 13.0. The second-order valence-corrected chi connectivity index (χ2v) is 10.8. The van der Waals surface area contributed by atoms with Crippen molar-refractivity contribution in [3.8, 4) is 0 Å². The van der Waals surface area contributed by atoms with Crippen molar-refractivity contribution in [1.82, 2.24) is 0 Å². The second kappa shape index (κ2) is 10.9. The molecule has 0 aliphatic heterocycles. The molecule has 3 aromatic rings. The fraction of sp³-hybridized carbons (Fsp3) is 0.367. The van der Waals surface area contributed by atoms with E-state index in [-0.39, 0.29) is 17.5 Å². The van der Waals surface area contributed by atoms with Gasteiger partial charge < -0.3 is 14.7 Å². The van der Waals surface area contributed by atoms with Gasteiger partial charge in [0, 0.05) is 24.4 Å². The van der Waals surface area contributed by atoms with Crippen LogP contribution in [0.15, 0.2) is 59.9 Å². The summed E-state index contributed by atoms with van der Waals surface area (Å²) >= 11 is 1.61. The summed E-state index contributed by atoms with van der Waals surface area (Å²) in [6.07, 6.45) is 2.52. The number of fused-ring (bicyclic) bond motifs is 1. The molecule has 0 amide bonds. The zero-order valence-corrected chi connectivity index (χ0v) is 23.0. The number of para-hydroxylation sites is 1. The van der Waals surface area contributed by atoms with E-state index in [9.17, 15) is 14.7 Å². The summed E-state index contributed by atoms with van der Waals surface area (Å²) in [6.45, 7) is 12.3. The standard InChI is InChI=1S/C30H34N2O4S/c1-6-30(4,5)29(35)36-18-17-31(7-2)21-15-13-20(14-16-21)26-27(33)22(28(26)34)19-25-32(8-3)23-11-9-10-12-24(23)37-25/h9-16,19H,6-8,17-18H2,1-5H3/p+1. The van der Waals surface area contributed by atoms with Gasteiger partial charge in [0.05, 0.1) is 23.1 Å². The van der Waals surface area contributed by atoms with Crippen molar-refractivity contribution in [2.45, 2.75) is 47.6 Å². The van der Waals surface area contributed by atoms with E-state index in [0.29, 0.717) is 29.9 Å². The molecule has 1 aromatic heterocycles. The monoisotopic (exact) mass is 519 g/mol. The Balaban J connectivity index is 1.48. The van der Waals surface area contributed by atoms with E-state index in [2.05, 4.69) is 28.5 Å². The Hall–Kier alpha value is -3.45. The van der Waals surface area contributed by atoms with Crippen LogP contribution in [0.25, 0.3) is 21.9 Å². The minimum absolute atomic E-state index is 0.0376. The Bertz CT molecular complexity index is 1380. The zero-order valence-electron chi connectivity index (χ0n) is 22.2. The number of benzene rings is 2. The van der Waals surface area contributed by atoms with Gasteiger partial charge in [-0.25, -0.2) is 0 Å². The predicted octanol–water partition coefficient (Wildman–Crippen LogP) is 5.95. The Labute approximate surface area is 222 Å². The summed E-state index contributed by atoms with van der Waals surface area (Å²) in [7, 11) is 0. The normalized spacial score (nSPS) is 14.8. The number of Topliss-reactive ketones (excluding diaryl/α,β-unsaturated/α-hetero) is 1. The molecule has 7 heteroatoms. The lowest BCUT2D eigenvalue weighted by Gasteiger charge is -2.26. The molecule has 1 heterocycles. The fourth-order valence-electron chi connectivity index (χ4n) is 4.33. The van der Waals surface area contributed by atoms with Gasteiger partial charge in [0.25, 0.3) is 5.01 Å². The van der Waals surface area contributed by atoms with Gasteiger partial charge in [-0.05, 0) is 57.9 Å². The maximum Gasteiger partial charge on any atom is 0.311 e. The smallest absolute Gasteiger partial charge is 0.311 e. The number of carbonyl (C=O) groups is 2. The van der Waals surface area contributed by atoms with Crippen molar-refractivity contribution in [1.29, 1.82) is 0 Å². The average molecular weight is 520 g/mol. The number of anilines is 1. The molecule has 0 spiro atoms. The highest BCUT2D eigenvalue weighted by Crippen LogP contribution is 2.38. The summed E-state index contributed by atoms with van der Waals surface area (Å²) < 4.78 is 8.79. The molecule has 37 heavy (non-hydrogen) atoms. The molecule has 0 saturated heterocycles. The average Bonchev–Trinajstić information content (AvgIpc) is 3.27. The first-order chi connectivity index (χ1) is 17.7. The Morgan fingerprint density at radius 3 is 2.43 bits per heavy atom. The summed E-state index contributed by atoms with van der Waals surface area (Å²) in [5.41, 5.74) is 2.99. The number of ether oxygens (including phenoxy) is 1. The van der Waals surface area contributed by atoms with Gasteiger partial charge >= 0.3 is 5.97 Å². The van der Waals surface area contributed by atoms with Gasteiger partial charge in [-0.3, -0.25) is 9.59 Å². The molecule has 0 bridgehead atoms. The number of aryl methyl sites for hydroxylation is 1. The van der Waals surface area contributed by atoms with Gasteiger partial charge in [0.1, 0.15) is 23.6 Å². The van der Waals surface area contributed by atoms with Crippen LogP contribution in [0.1, 0.15) is 51.6 Å². The van der Waals surface area contributed by atoms with E-state index in [1.807, 2.05) is 64.1 Å². The molecule has 2 aromatic carbocycles. The van der Waals surface area contributed by atoms with Crippen LogP contribution in [-0.4, -0.2) is 36.6 Å². The van der Waals surface area contributed by atoms with E-state index < -0.39 is 5.41 Å². The summed E-state index contributed by atoms with van der Waals surface area (Å²) in [5, 5.41) is 11.7. The van der Waals surface area contributed by atoms with Crippen LogP contribution in [0.5, 0.6) is 0 Å². The number of likely N-dealkylation sites (N-methyl/N-ethyl adjacent to an activating group) is 1. The molecule has 0 unspecified atom stereocenters. The minimum Gasteiger partial charge on any atom is -0.506 e. The minimum atomic E-state index is -0.481. The number of hydrogen-bond donors (Lipinski definition) is 1. The van der Waals surface area contributed by atoms with Crippen molar-refractivity contribution >= 4 is 50.6 Å². The molecule has 0 fully saturated rings. The Morgan fingerprint density at radius 1 is 1.11 bits per heavy atom. The summed E-state index contributed by atoms with van der Waals surface area (Å²) in [4.78, 5) is 27.4. The summed E-state index contributed by atoms with van der Waals surface area (Å²) in [5.74, 6) is -0.296. The van der Waals surface area contributed by atoms with Crippen LogP contribution < -0.4 is 9.47 Å². The highest BCUT2D eigenvalue weighted by Gasteiger charge is 2.36. The van der Waals surface area contributed by atoms with Crippen LogP contribution in [0.4, 0.5) is 5.69 Å². The number of allylic oxidation sites excluding steroid dienone is 2. The molecular weight excluding hydrogens is 484 g/mol. The van der Waals surface area contributed by atoms with E-state index >= 15 is 0 Å². The van der Waals surface area contributed by atoms with Crippen LogP contribution >= 0.6 is 11.3 Å². The lowest BCUT2D eigenvalue weighted by Crippen LogP contribution is -2.34. The van der Waals surface area contributed by atoms with Crippen molar-refractivity contribution in [2.75, 3.05) is 24.6 Å². The van der Waals surface area contributed by atoms with E-state index in [1.54, 1.807) is 17.4 Å². The molecule has 1 aliphatic carbocycles. The van der Waals surface area contributed by atoms with Gasteiger partial charge in [-0.1, -0.05) is 42.5 Å². The van der Waals surface area contributed by atoms with Crippen LogP contribution in [0, 0.1) is 5.41 Å². The molecule has 6 nitrogen and oxygen atoms in total. The molecular formula is C30H35N2O4S+. The number of carbonyl (C=O) groups excluding carboxylic acids is 2. The maximum atomic E-state index is 13.0. The Kier molecular flexibility index (Phi) is 7.83. The van der Waals surface area contributed by atoms with Crippen LogP contribution in [0.2, 0.25) is 0 Å². The first kappa shape index (κ1) is 26.6. The number of thiazole rings is 1. The van der Waals surface area contributed by atoms with E-state index in [1.165, 1.54) is 0 Å². The molecule has 4 rings (SSSR count). The molecule has 1 N–H and O–H groups in total. The third kappa shape index (κ3) is 5.18. The SMILES string of the molecule is CCN(CCOC(=O)C(C)(C)CC)c1ccc(C2=C(O)C(=Cc3sc4ccccc4[n+]3CC)C2=O)cc1. The molecule has 0 saturated carbocycles. The number of hydrogen-bond acceptors (Lipinski definition) is 6. The third-order valence-corrected chi connectivity index (χ3v) is 8.23. The van der Waals surface area contributed by atoms with Crippen molar-refractivity contribution < 1.29 is 24.0 Å². The lowest BCUT2D eigenvalue weighted by molar-refractivity contribution is -0.665. The van der Waals surface area contributed by atoms with Gasteiger partial charge in [0.15, 0.2) is 0 Å². The highest BCUT2D eigenvalue weighted by atomic mass is 32.1. The van der Waals surface area contributed by atoms with Crippen LogP contribution in [-0.2, 0) is 20.9 Å². The number of esters is 1. The number of aromatic nitrogens is 1. The molecule has 194 valence electrons. The van der Waals surface area contributed by atoms with E-state index in [0.717, 1.165) is 40.4 Å².